The lowest BCUT2D eigenvalue weighted by atomic mass is 10.1. The van der Waals surface area contributed by atoms with Gasteiger partial charge in [-0.3, -0.25) is 4.79 Å². The first-order valence-electron chi connectivity index (χ1n) is 7.22. The Kier molecular flexibility index (Phi) is 5.06. The maximum absolute atomic E-state index is 12.5. The molecule has 6 heteroatoms. The predicted octanol–water partition coefficient (Wildman–Crippen LogP) is 4.43. The second-order valence-electron chi connectivity index (χ2n) is 5.21. The zero-order chi connectivity index (χ0) is 15.5. The summed E-state index contributed by atoms with van der Waals surface area (Å²) in [4.78, 5) is 18.7. The van der Waals surface area contributed by atoms with Crippen LogP contribution in [0.15, 0.2) is 29.6 Å². The number of aryl methyl sites for hydroxylation is 1. The summed E-state index contributed by atoms with van der Waals surface area (Å²) >= 11 is 9.70. The first-order chi connectivity index (χ1) is 10.6. The van der Waals surface area contributed by atoms with Crippen molar-refractivity contribution < 1.29 is 4.79 Å². The van der Waals surface area contributed by atoms with Crippen LogP contribution in [0.25, 0.3) is 0 Å². The summed E-state index contributed by atoms with van der Waals surface area (Å²) in [6.45, 7) is 3.44. The Bertz CT molecular complexity index is 674. The molecule has 0 unspecified atom stereocenters. The van der Waals surface area contributed by atoms with E-state index in [-0.39, 0.29) is 5.91 Å². The van der Waals surface area contributed by atoms with Crippen LogP contribution in [-0.2, 0) is 0 Å². The molecule has 3 rings (SSSR count). The molecule has 1 aromatic heterocycles. The molecule has 0 N–H and O–H groups in total. The zero-order valence-electron chi connectivity index (χ0n) is 12.3. The molecule has 0 radical (unpaired) electrons. The number of benzene rings is 1. The minimum atomic E-state index is 0.0461. The molecule has 116 valence electrons. The van der Waals surface area contributed by atoms with Gasteiger partial charge in [0.1, 0.15) is 5.69 Å². The Morgan fingerprint density at radius 2 is 2.18 bits per heavy atom. The van der Waals surface area contributed by atoms with Gasteiger partial charge in [0.2, 0.25) is 0 Å². The van der Waals surface area contributed by atoms with E-state index >= 15 is 0 Å². The second-order valence-corrected chi connectivity index (χ2v) is 7.99. The second kappa shape index (κ2) is 7.02. The van der Waals surface area contributed by atoms with E-state index in [1.165, 1.54) is 16.9 Å². The van der Waals surface area contributed by atoms with Crippen LogP contribution in [0.4, 0.5) is 0 Å². The lowest BCUT2D eigenvalue weighted by Gasteiger charge is -2.19. The average Bonchev–Trinajstić information content (AvgIpc) is 2.81. The summed E-state index contributed by atoms with van der Waals surface area (Å²) in [7, 11) is 0. The third-order valence-electron chi connectivity index (χ3n) is 3.72. The number of thiazole rings is 1. The predicted molar refractivity (Wildman–Crippen MR) is 94.0 cm³/mol. The maximum Gasteiger partial charge on any atom is 0.273 e. The SMILES string of the molecule is Cc1nc(C(=O)N2CCS[C@H](c3ccccc3Cl)CC2)cs1. The third-order valence-corrected chi connectivity index (χ3v) is 6.15. The van der Waals surface area contributed by atoms with Crippen molar-refractivity contribution in [1.29, 1.82) is 0 Å². The normalized spacial score (nSPS) is 19.0. The van der Waals surface area contributed by atoms with Gasteiger partial charge < -0.3 is 4.90 Å². The summed E-state index contributed by atoms with van der Waals surface area (Å²) < 4.78 is 0. The number of thioether (sulfide) groups is 1. The number of nitrogens with zero attached hydrogens (tertiary/aromatic N) is 2. The smallest absolute Gasteiger partial charge is 0.273 e. The summed E-state index contributed by atoms with van der Waals surface area (Å²) in [6.07, 6.45) is 0.920. The van der Waals surface area contributed by atoms with Crippen LogP contribution in [0.2, 0.25) is 5.02 Å². The molecule has 2 aromatic rings. The highest BCUT2D eigenvalue weighted by Gasteiger charge is 2.24. The maximum atomic E-state index is 12.5. The summed E-state index contributed by atoms with van der Waals surface area (Å²) in [5.41, 5.74) is 1.75. The molecule has 1 fully saturated rings. The highest BCUT2D eigenvalue weighted by molar-refractivity contribution is 7.99. The van der Waals surface area contributed by atoms with Crippen molar-refractivity contribution in [2.75, 3.05) is 18.8 Å². The van der Waals surface area contributed by atoms with Gasteiger partial charge in [0.25, 0.3) is 5.91 Å². The fourth-order valence-corrected chi connectivity index (χ4v) is 4.77. The van der Waals surface area contributed by atoms with Crippen LogP contribution in [-0.4, -0.2) is 34.6 Å². The van der Waals surface area contributed by atoms with Crippen LogP contribution in [0, 0.1) is 6.92 Å². The van der Waals surface area contributed by atoms with Crippen molar-refractivity contribution in [2.45, 2.75) is 18.6 Å². The monoisotopic (exact) mass is 352 g/mol. The van der Waals surface area contributed by atoms with Crippen molar-refractivity contribution in [3.05, 3.63) is 50.9 Å². The first-order valence-corrected chi connectivity index (χ1v) is 9.53. The van der Waals surface area contributed by atoms with Gasteiger partial charge in [-0.15, -0.1) is 11.3 Å². The Morgan fingerprint density at radius 3 is 2.91 bits per heavy atom. The molecule has 1 aliphatic rings. The van der Waals surface area contributed by atoms with Crippen LogP contribution in [0.3, 0.4) is 0 Å². The molecule has 0 saturated carbocycles. The Hall–Kier alpha value is -1.04. The molecular weight excluding hydrogens is 336 g/mol. The Balaban J connectivity index is 1.70. The van der Waals surface area contributed by atoms with E-state index in [0.29, 0.717) is 10.9 Å². The molecule has 1 saturated heterocycles. The molecule has 0 bridgehead atoms. The third kappa shape index (κ3) is 3.47. The quantitative estimate of drug-likeness (QED) is 0.801. The van der Waals surface area contributed by atoms with Crippen molar-refractivity contribution in [1.82, 2.24) is 9.88 Å². The fraction of sp³-hybridized carbons (Fsp3) is 0.375. The summed E-state index contributed by atoms with van der Waals surface area (Å²) in [6, 6.07) is 7.99. The number of halogens is 1. The number of rotatable bonds is 2. The minimum Gasteiger partial charge on any atom is -0.336 e. The Labute approximate surface area is 143 Å². The van der Waals surface area contributed by atoms with E-state index in [1.807, 2.05) is 47.2 Å². The van der Waals surface area contributed by atoms with Gasteiger partial charge in [0, 0.05) is 34.5 Å². The van der Waals surface area contributed by atoms with E-state index in [1.54, 1.807) is 0 Å². The number of carbonyl (C=O) groups excluding carboxylic acids is 1. The highest BCUT2D eigenvalue weighted by atomic mass is 35.5. The number of aromatic nitrogens is 1. The Morgan fingerprint density at radius 1 is 1.36 bits per heavy atom. The lowest BCUT2D eigenvalue weighted by Crippen LogP contribution is -2.33. The van der Waals surface area contributed by atoms with Gasteiger partial charge in [0.05, 0.1) is 5.01 Å². The number of carbonyl (C=O) groups is 1. The number of hydrogen-bond acceptors (Lipinski definition) is 4. The van der Waals surface area contributed by atoms with E-state index in [4.69, 9.17) is 11.6 Å². The van der Waals surface area contributed by atoms with Gasteiger partial charge in [-0.25, -0.2) is 4.98 Å². The summed E-state index contributed by atoms with van der Waals surface area (Å²) in [5, 5.41) is 3.95. The van der Waals surface area contributed by atoms with E-state index in [0.717, 1.165) is 35.3 Å². The molecule has 2 heterocycles. The minimum absolute atomic E-state index is 0.0461. The largest absolute Gasteiger partial charge is 0.336 e. The van der Waals surface area contributed by atoms with Crippen LogP contribution in [0.1, 0.15) is 32.7 Å². The molecule has 3 nitrogen and oxygen atoms in total. The van der Waals surface area contributed by atoms with Gasteiger partial charge in [0.15, 0.2) is 0 Å². The van der Waals surface area contributed by atoms with Gasteiger partial charge in [-0.2, -0.15) is 11.8 Å². The molecule has 0 aliphatic carbocycles. The fourth-order valence-electron chi connectivity index (χ4n) is 2.58. The van der Waals surface area contributed by atoms with Crippen molar-refractivity contribution in [3.8, 4) is 0 Å². The summed E-state index contributed by atoms with van der Waals surface area (Å²) in [5.74, 6) is 0.967. The molecule has 1 aliphatic heterocycles. The standard InChI is InChI=1S/C16H17ClN2OS2/c1-11-18-14(10-22-11)16(20)19-7-6-15(21-9-8-19)12-4-2-3-5-13(12)17/h2-5,10,15H,6-9H2,1H3/t15-/m0/s1. The van der Waals surface area contributed by atoms with E-state index in [9.17, 15) is 4.79 Å². The lowest BCUT2D eigenvalue weighted by molar-refractivity contribution is 0.0761. The molecule has 22 heavy (non-hydrogen) atoms. The number of hydrogen-bond donors (Lipinski definition) is 0. The van der Waals surface area contributed by atoms with Gasteiger partial charge >= 0.3 is 0 Å². The van der Waals surface area contributed by atoms with E-state index < -0.39 is 0 Å². The van der Waals surface area contributed by atoms with Crippen LogP contribution < -0.4 is 0 Å². The van der Waals surface area contributed by atoms with Crippen molar-refractivity contribution in [2.24, 2.45) is 0 Å². The first kappa shape index (κ1) is 15.8. The van der Waals surface area contributed by atoms with Gasteiger partial charge in [-0.05, 0) is 25.0 Å². The highest BCUT2D eigenvalue weighted by Crippen LogP contribution is 2.37. The average molecular weight is 353 g/mol. The molecule has 1 atom stereocenters. The van der Waals surface area contributed by atoms with Crippen molar-refractivity contribution >= 4 is 40.6 Å². The van der Waals surface area contributed by atoms with Gasteiger partial charge in [-0.1, -0.05) is 29.8 Å². The topological polar surface area (TPSA) is 33.2 Å². The van der Waals surface area contributed by atoms with Crippen molar-refractivity contribution in [3.63, 3.8) is 0 Å². The molecule has 0 spiro atoms. The van der Waals surface area contributed by atoms with Crippen LogP contribution in [0.5, 0.6) is 0 Å². The van der Waals surface area contributed by atoms with E-state index in [2.05, 4.69) is 11.1 Å². The molecular formula is C16H17ClN2OS2. The van der Waals surface area contributed by atoms with Crippen LogP contribution >= 0.6 is 34.7 Å². The number of amides is 1. The molecule has 1 aromatic carbocycles. The molecule has 1 amide bonds. The zero-order valence-corrected chi connectivity index (χ0v) is 14.7.